The van der Waals surface area contributed by atoms with Gasteiger partial charge in [-0.1, -0.05) is 6.07 Å². The maximum atomic E-state index is 12.1. The summed E-state index contributed by atoms with van der Waals surface area (Å²) < 4.78 is 29.6. The summed E-state index contributed by atoms with van der Waals surface area (Å²) in [7, 11) is 0. The van der Waals surface area contributed by atoms with Crippen molar-refractivity contribution in [3.63, 3.8) is 0 Å². The number of carbonyl (C=O) groups excluding carboxylic acids is 2. The summed E-state index contributed by atoms with van der Waals surface area (Å²) in [5, 5.41) is 27.3. The summed E-state index contributed by atoms with van der Waals surface area (Å²) in [6.07, 6.45) is -2.64. The first-order valence-electron chi connectivity index (χ1n) is 10.9. The van der Waals surface area contributed by atoms with E-state index in [4.69, 9.17) is 34.2 Å². The molecule has 19 heteroatoms. The predicted octanol–water partition coefficient (Wildman–Crippen LogP) is 0.512. The standard InChI is InChI=1S/C20H27N3O16/c1-20(21,17(24)25)13-14-2-3-15(38-18(26)34-8-4-32-6-10-36-22(28)29)16(12-14)39-19(27)35-9-5-33-7-11-37-23(30)31/h2-3,12H,4-11,13,21H2,1H3,(H,24,25). The number of rotatable bonds is 19. The molecule has 1 unspecified atom stereocenters. The first-order chi connectivity index (χ1) is 18.4. The van der Waals surface area contributed by atoms with Gasteiger partial charge in [-0.3, -0.25) is 4.79 Å². The van der Waals surface area contributed by atoms with Crippen molar-refractivity contribution in [1.29, 1.82) is 0 Å². The Balaban J connectivity index is 2.70. The van der Waals surface area contributed by atoms with Crippen molar-refractivity contribution in [3.05, 3.63) is 44.0 Å². The lowest BCUT2D eigenvalue weighted by Crippen LogP contribution is -2.46. The number of ether oxygens (including phenoxy) is 6. The van der Waals surface area contributed by atoms with Gasteiger partial charge >= 0.3 is 18.3 Å². The van der Waals surface area contributed by atoms with Crippen LogP contribution in [0.2, 0.25) is 0 Å². The van der Waals surface area contributed by atoms with Crippen LogP contribution >= 0.6 is 0 Å². The molecule has 0 radical (unpaired) electrons. The molecule has 0 fully saturated rings. The monoisotopic (exact) mass is 565 g/mol. The van der Waals surface area contributed by atoms with Crippen LogP contribution in [0.3, 0.4) is 0 Å². The number of carboxylic acid groups (broad SMARTS) is 1. The highest BCUT2D eigenvalue weighted by molar-refractivity contribution is 5.78. The van der Waals surface area contributed by atoms with Crippen LogP contribution in [0, 0.1) is 20.2 Å². The summed E-state index contributed by atoms with van der Waals surface area (Å²) >= 11 is 0. The molecule has 0 spiro atoms. The molecule has 0 aliphatic heterocycles. The van der Waals surface area contributed by atoms with E-state index in [-0.39, 0.29) is 70.8 Å². The Bertz CT molecular complexity index is 986. The highest BCUT2D eigenvalue weighted by atomic mass is 17.0. The average molecular weight is 565 g/mol. The third-order valence-electron chi connectivity index (χ3n) is 4.20. The van der Waals surface area contributed by atoms with Gasteiger partial charge in [0.2, 0.25) is 0 Å². The summed E-state index contributed by atoms with van der Waals surface area (Å²) in [6.45, 7) is -0.492. The van der Waals surface area contributed by atoms with Crippen LogP contribution in [-0.2, 0) is 39.8 Å². The van der Waals surface area contributed by atoms with Crippen LogP contribution in [0.4, 0.5) is 9.59 Å². The highest BCUT2D eigenvalue weighted by Crippen LogP contribution is 2.30. The largest absolute Gasteiger partial charge is 0.514 e. The minimum absolute atomic E-state index is 0.130. The van der Waals surface area contributed by atoms with Crippen molar-refractivity contribution in [2.45, 2.75) is 18.9 Å². The molecule has 218 valence electrons. The molecule has 0 saturated carbocycles. The van der Waals surface area contributed by atoms with Crippen molar-refractivity contribution in [1.82, 2.24) is 0 Å². The molecule has 1 aromatic rings. The van der Waals surface area contributed by atoms with Crippen molar-refractivity contribution in [2.75, 3.05) is 52.9 Å². The lowest BCUT2D eigenvalue weighted by atomic mass is 9.94. The zero-order chi connectivity index (χ0) is 29.3. The van der Waals surface area contributed by atoms with Crippen molar-refractivity contribution in [3.8, 4) is 11.5 Å². The third kappa shape index (κ3) is 14.7. The maximum Gasteiger partial charge on any atom is 0.514 e. The second-order valence-electron chi connectivity index (χ2n) is 7.42. The summed E-state index contributed by atoms with van der Waals surface area (Å²) in [5.74, 6) is -1.91. The molecule has 0 heterocycles. The quantitative estimate of drug-likeness (QED) is 0.0761. The number of nitrogens with two attached hydrogens (primary N) is 1. The first-order valence-corrected chi connectivity index (χ1v) is 10.9. The molecule has 0 aliphatic rings. The van der Waals surface area contributed by atoms with E-state index in [9.17, 15) is 39.7 Å². The molecule has 1 rings (SSSR count). The lowest BCUT2D eigenvalue weighted by Gasteiger charge is -2.20. The van der Waals surface area contributed by atoms with Gasteiger partial charge in [-0.2, -0.15) is 0 Å². The van der Waals surface area contributed by atoms with Crippen LogP contribution in [0.5, 0.6) is 11.5 Å². The van der Waals surface area contributed by atoms with E-state index in [0.29, 0.717) is 5.56 Å². The second-order valence-corrected chi connectivity index (χ2v) is 7.42. The van der Waals surface area contributed by atoms with Gasteiger partial charge in [0.1, 0.15) is 32.0 Å². The summed E-state index contributed by atoms with van der Waals surface area (Å²) in [4.78, 5) is 63.6. The minimum atomic E-state index is -1.67. The Morgan fingerprint density at radius 2 is 1.28 bits per heavy atom. The molecular weight excluding hydrogens is 538 g/mol. The Labute approximate surface area is 219 Å². The molecule has 1 atom stereocenters. The van der Waals surface area contributed by atoms with E-state index in [1.807, 2.05) is 0 Å². The van der Waals surface area contributed by atoms with Crippen LogP contribution < -0.4 is 15.2 Å². The number of nitrogens with zero attached hydrogens (tertiary/aromatic N) is 2. The molecule has 0 saturated heterocycles. The van der Waals surface area contributed by atoms with Crippen molar-refractivity contribution in [2.24, 2.45) is 5.73 Å². The Morgan fingerprint density at radius 1 is 0.821 bits per heavy atom. The molecule has 0 aromatic heterocycles. The van der Waals surface area contributed by atoms with E-state index < -0.39 is 34.0 Å². The van der Waals surface area contributed by atoms with Gasteiger partial charge in [-0.15, -0.1) is 20.2 Å². The average Bonchev–Trinajstić information content (AvgIpc) is 2.83. The fourth-order valence-corrected chi connectivity index (χ4v) is 2.48. The van der Waals surface area contributed by atoms with Crippen LogP contribution in [0.1, 0.15) is 12.5 Å². The first kappa shape index (κ1) is 32.5. The topological polar surface area (TPSA) is 258 Å². The highest BCUT2D eigenvalue weighted by Gasteiger charge is 2.29. The number of carboxylic acids is 1. The SMILES string of the molecule is CC(N)(Cc1ccc(OC(=O)OCCOCCO[N+](=O)[O-])c(OC(=O)OCCOCCO[N+](=O)[O-])c1)C(=O)O. The predicted molar refractivity (Wildman–Crippen MR) is 122 cm³/mol. The zero-order valence-corrected chi connectivity index (χ0v) is 20.6. The minimum Gasteiger partial charge on any atom is -0.480 e. The van der Waals surface area contributed by atoms with Gasteiger partial charge in [0.15, 0.2) is 11.5 Å². The molecule has 39 heavy (non-hydrogen) atoms. The van der Waals surface area contributed by atoms with Gasteiger partial charge in [-0.25, -0.2) is 9.59 Å². The fourth-order valence-electron chi connectivity index (χ4n) is 2.48. The van der Waals surface area contributed by atoms with Crippen LogP contribution in [-0.4, -0.2) is 92.0 Å². The summed E-state index contributed by atoms with van der Waals surface area (Å²) in [5.41, 5.74) is 4.40. The van der Waals surface area contributed by atoms with Crippen LogP contribution in [0.15, 0.2) is 18.2 Å². The molecule has 1 aromatic carbocycles. The lowest BCUT2D eigenvalue weighted by molar-refractivity contribution is -0.758. The summed E-state index contributed by atoms with van der Waals surface area (Å²) in [6, 6.07) is 3.80. The maximum absolute atomic E-state index is 12.1. The van der Waals surface area contributed by atoms with E-state index >= 15 is 0 Å². The van der Waals surface area contributed by atoms with E-state index in [0.717, 1.165) is 0 Å². The molecule has 0 amide bonds. The Hall–Kier alpha value is -4.49. The van der Waals surface area contributed by atoms with Gasteiger partial charge in [0.25, 0.3) is 10.2 Å². The van der Waals surface area contributed by atoms with Crippen molar-refractivity contribution < 1.29 is 67.8 Å². The Morgan fingerprint density at radius 3 is 1.74 bits per heavy atom. The van der Waals surface area contributed by atoms with Crippen LogP contribution in [0.25, 0.3) is 0 Å². The molecule has 0 bridgehead atoms. The van der Waals surface area contributed by atoms with Gasteiger partial charge in [0, 0.05) is 6.42 Å². The number of hydrogen-bond donors (Lipinski definition) is 2. The van der Waals surface area contributed by atoms with E-state index in [1.54, 1.807) is 0 Å². The third-order valence-corrected chi connectivity index (χ3v) is 4.20. The zero-order valence-electron chi connectivity index (χ0n) is 20.6. The number of aliphatic carboxylic acids is 1. The number of benzene rings is 1. The smallest absolute Gasteiger partial charge is 0.480 e. The Kier molecular flexibility index (Phi) is 14.3. The molecule has 0 aliphatic carbocycles. The van der Waals surface area contributed by atoms with Gasteiger partial charge in [0.05, 0.1) is 26.4 Å². The second kappa shape index (κ2) is 17.1. The number of hydrogen-bond acceptors (Lipinski definition) is 16. The molecule has 3 N–H and O–H groups in total. The number of carbonyl (C=O) groups is 3. The fraction of sp³-hybridized carbons (Fsp3) is 0.550. The molecular formula is C20H27N3O16. The van der Waals surface area contributed by atoms with E-state index in [2.05, 4.69) is 9.68 Å². The molecule has 19 nitrogen and oxygen atoms in total. The van der Waals surface area contributed by atoms with Gasteiger partial charge < -0.3 is 48.9 Å². The van der Waals surface area contributed by atoms with E-state index in [1.165, 1.54) is 25.1 Å². The normalized spacial score (nSPS) is 11.9. The van der Waals surface area contributed by atoms with Gasteiger partial charge in [-0.05, 0) is 24.6 Å². The van der Waals surface area contributed by atoms with Crippen molar-refractivity contribution >= 4 is 18.3 Å².